The molecule has 2 N–H and O–H groups in total. The van der Waals surface area contributed by atoms with Crippen LogP contribution in [-0.4, -0.2) is 54.6 Å². The smallest absolute Gasteiger partial charge is 0.339 e. The van der Waals surface area contributed by atoms with Gasteiger partial charge in [-0.25, -0.2) is 4.79 Å². The fraction of sp³-hybridized carbons (Fsp3) is 0.964. The normalized spacial score (nSPS) is 13.1. The second-order valence-electron chi connectivity index (χ2n) is 19.8. The van der Waals surface area contributed by atoms with Gasteiger partial charge in [0.2, 0.25) is 0 Å². The molecular formula is C55H108O8S. The highest BCUT2D eigenvalue weighted by Crippen LogP contribution is 2.49. The van der Waals surface area contributed by atoms with Gasteiger partial charge in [-0.1, -0.05) is 272 Å². The van der Waals surface area contributed by atoms with Crippen molar-refractivity contribution in [3.63, 3.8) is 0 Å². The van der Waals surface area contributed by atoms with Gasteiger partial charge in [0.1, 0.15) is 5.41 Å². The maximum absolute atomic E-state index is 14.9. The summed E-state index contributed by atoms with van der Waals surface area (Å²) < 4.78 is 45.6. The molecule has 9 heteroatoms. The zero-order valence-electron chi connectivity index (χ0n) is 43.0. The molecule has 0 amide bonds. The number of unbranched alkanes of at least 4 members (excludes halogenated alkanes) is 36. The summed E-state index contributed by atoms with van der Waals surface area (Å²) in [5, 5.41) is 11.6. The molecule has 0 spiro atoms. The number of carbonyl (C=O) groups is 2. The summed E-state index contributed by atoms with van der Waals surface area (Å²) in [7, 11) is -4.24. The lowest BCUT2D eigenvalue weighted by Gasteiger charge is -2.46. The summed E-state index contributed by atoms with van der Waals surface area (Å²) in [6.45, 7) is 9.04. The number of hydrogen-bond acceptors (Lipinski definition) is 6. The Morgan fingerprint density at radius 1 is 0.391 bits per heavy atom. The summed E-state index contributed by atoms with van der Waals surface area (Å²) in [4.78, 5) is 29.1. The molecule has 0 aliphatic carbocycles. The third-order valence-electron chi connectivity index (χ3n) is 13.9. The Hall–Kier alpha value is -1.19. The molecule has 0 fully saturated rings. The Morgan fingerprint density at radius 2 is 0.672 bits per heavy atom. The highest BCUT2D eigenvalue weighted by atomic mass is 32.2. The Kier molecular flexibility index (Phi) is 43.5. The van der Waals surface area contributed by atoms with Gasteiger partial charge in [0, 0.05) is 6.61 Å². The van der Waals surface area contributed by atoms with Gasteiger partial charge in [-0.3, -0.25) is 9.35 Å². The van der Waals surface area contributed by atoms with Crippen LogP contribution in [0.3, 0.4) is 0 Å². The molecule has 382 valence electrons. The summed E-state index contributed by atoms with van der Waals surface area (Å²) in [6, 6.07) is 0. The Morgan fingerprint density at radius 3 is 0.969 bits per heavy atom. The van der Waals surface area contributed by atoms with Crippen LogP contribution in [0.4, 0.5) is 0 Å². The number of aliphatic carboxylic acids is 1. The van der Waals surface area contributed by atoms with Crippen molar-refractivity contribution in [1.29, 1.82) is 0 Å². The lowest BCUT2D eigenvalue weighted by atomic mass is 9.63. The van der Waals surface area contributed by atoms with Gasteiger partial charge in [-0.05, 0) is 38.5 Å². The second-order valence-corrected chi connectivity index (χ2v) is 21.4. The van der Waals surface area contributed by atoms with Gasteiger partial charge in [-0.15, -0.1) is 0 Å². The number of rotatable bonds is 52. The zero-order valence-corrected chi connectivity index (χ0v) is 43.8. The van der Waals surface area contributed by atoms with Crippen LogP contribution in [0.25, 0.3) is 0 Å². The molecule has 0 radical (unpaired) electrons. The summed E-state index contributed by atoms with van der Waals surface area (Å²) in [6.07, 6.45) is 46.5. The van der Waals surface area contributed by atoms with Crippen LogP contribution in [-0.2, 0) is 29.2 Å². The predicted octanol–water partition coefficient (Wildman–Crippen LogP) is 17.5. The summed E-state index contributed by atoms with van der Waals surface area (Å²) >= 11 is 0. The Labute approximate surface area is 397 Å². The van der Waals surface area contributed by atoms with E-state index in [0.29, 0.717) is 38.7 Å². The van der Waals surface area contributed by atoms with Gasteiger partial charge in [0.05, 0.1) is 12.4 Å². The molecule has 0 rings (SSSR count). The number of carbonyl (C=O) groups excluding carboxylic acids is 1. The monoisotopic (exact) mass is 929 g/mol. The van der Waals surface area contributed by atoms with Crippen molar-refractivity contribution >= 4 is 22.1 Å². The van der Waals surface area contributed by atoms with E-state index in [1.807, 2.05) is 0 Å². The van der Waals surface area contributed by atoms with E-state index in [9.17, 15) is 27.7 Å². The van der Waals surface area contributed by atoms with E-state index < -0.39 is 38.8 Å². The average Bonchev–Trinajstić information content (AvgIpc) is 3.27. The number of hydrogen-bond donors (Lipinski definition) is 2. The van der Waals surface area contributed by atoms with Gasteiger partial charge in [0.15, 0.2) is 5.60 Å². The Balaban J connectivity index is 6.47. The third-order valence-corrected chi connectivity index (χ3v) is 14.7. The number of ether oxygens (including phenoxy) is 2. The molecule has 1 unspecified atom stereocenters. The molecular weight excluding hydrogens is 821 g/mol. The van der Waals surface area contributed by atoms with E-state index in [1.54, 1.807) is 0 Å². The lowest BCUT2D eigenvalue weighted by molar-refractivity contribution is -0.210. The fourth-order valence-corrected chi connectivity index (χ4v) is 10.3. The van der Waals surface area contributed by atoms with Crippen molar-refractivity contribution in [1.82, 2.24) is 0 Å². The molecule has 0 aromatic rings. The maximum Gasteiger partial charge on any atom is 0.339 e. The van der Waals surface area contributed by atoms with Crippen LogP contribution < -0.4 is 0 Å². The molecule has 0 aliphatic heterocycles. The topological polar surface area (TPSA) is 127 Å². The molecule has 64 heavy (non-hydrogen) atoms. The molecule has 0 aromatic carbocycles. The quantitative estimate of drug-likeness (QED) is 0.0351. The third kappa shape index (κ3) is 33.3. The van der Waals surface area contributed by atoms with Gasteiger partial charge in [0.25, 0.3) is 10.1 Å². The Bertz CT molecular complexity index is 1120. The molecule has 0 saturated carbocycles. The average molecular weight is 930 g/mol. The van der Waals surface area contributed by atoms with Crippen LogP contribution >= 0.6 is 0 Å². The van der Waals surface area contributed by atoms with Crippen molar-refractivity contribution in [3.05, 3.63) is 0 Å². The summed E-state index contributed by atoms with van der Waals surface area (Å²) in [5.74, 6) is -2.15. The first kappa shape index (κ1) is 62.8. The highest BCUT2D eigenvalue weighted by molar-refractivity contribution is 7.85. The van der Waals surface area contributed by atoms with Crippen molar-refractivity contribution in [2.24, 2.45) is 5.41 Å². The van der Waals surface area contributed by atoms with E-state index in [-0.39, 0.29) is 19.4 Å². The molecule has 0 heterocycles. The number of esters is 1. The molecule has 8 nitrogen and oxygen atoms in total. The van der Waals surface area contributed by atoms with Crippen LogP contribution in [0.5, 0.6) is 0 Å². The van der Waals surface area contributed by atoms with Crippen molar-refractivity contribution in [2.75, 3.05) is 19.0 Å². The number of carboxylic acids is 1. The molecule has 0 bridgehead atoms. The minimum absolute atomic E-state index is 0.0612. The van der Waals surface area contributed by atoms with Crippen molar-refractivity contribution in [3.8, 4) is 0 Å². The lowest BCUT2D eigenvalue weighted by Crippen LogP contribution is -2.61. The first-order chi connectivity index (χ1) is 31.1. The van der Waals surface area contributed by atoms with Crippen LogP contribution in [0.15, 0.2) is 0 Å². The van der Waals surface area contributed by atoms with E-state index in [0.717, 1.165) is 77.0 Å². The number of carboxylic acid groups (broad SMARTS) is 1. The van der Waals surface area contributed by atoms with E-state index >= 15 is 0 Å². The van der Waals surface area contributed by atoms with E-state index in [4.69, 9.17) is 9.47 Å². The van der Waals surface area contributed by atoms with E-state index in [1.165, 1.54) is 161 Å². The second kappa shape index (κ2) is 44.3. The summed E-state index contributed by atoms with van der Waals surface area (Å²) in [5.41, 5.74) is -3.15. The van der Waals surface area contributed by atoms with Crippen LogP contribution in [0.2, 0.25) is 0 Å². The van der Waals surface area contributed by atoms with Gasteiger partial charge >= 0.3 is 11.9 Å². The minimum Gasteiger partial charge on any atom is -0.481 e. The molecule has 0 saturated heterocycles. The van der Waals surface area contributed by atoms with E-state index in [2.05, 4.69) is 27.7 Å². The molecule has 1 atom stereocenters. The van der Waals surface area contributed by atoms with Gasteiger partial charge < -0.3 is 14.6 Å². The minimum atomic E-state index is -4.24. The van der Waals surface area contributed by atoms with Crippen LogP contribution in [0, 0.1) is 5.41 Å². The zero-order chi connectivity index (χ0) is 47.3. The van der Waals surface area contributed by atoms with Gasteiger partial charge in [-0.2, -0.15) is 8.42 Å². The highest BCUT2D eigenvalue weighted by Gasteiger charge is 2.62. The SMILES string of the molecule is CCCCCCCCCCCCOC(CCCCCCCCCCCC)(C(=O)OCCCS(=O)(=O)O)C(CCCCCCCCCCCC)(CCCCCCCCCCCC)C(=O)O. The fourth-order valence-electron chi connectivity index (χ4n) is 9.77. The largest absolute Gasteiger partial charge is 0.481 e. The van der Waals surface area contributed by atoms with Crippen LogP contribution in [0.1, 0.15) is 310 Å². The first-order valence-electron chi connectivity index (χ1n) is 28.1. The van der Waals surface area contributed by atoms with Crippen molar-refractivity contribution in [2.45, 2.75) is 316 Å². The first-order valence-corrected chi connectivity index (χ1v) is 29.7. The molecule has 0 aromatic heterocycles. The standard InChI is InChI=1S/C55H108O8S/c1-5-9-13-17-21-25-29-33-37-41-46-54(52(56)57,47-42-38-34-30-26-22-18-14-10-6-2)55(53(58)62-49-45-51-64(59,60)61,48-43-39-35-31-27-23-19-15-11-7-3)63-50-44-40-36-32-28-24-20-16-12-8-4/h5-51H2,1-4H3,(H,56,57)(H,59,60,61). The maximum atomic E-state index is 14.9. The molecule has 0 aliphatic rings. The predicted molar refractivity (Wildman–Crippen MR) is 272 cm³/mol. The van der Waals surface area contributed by atoms with Crippen molar-refractivity contribution < 1.29 is 37.1 Å².